The number of ether oxygens (including phenoxy) is 1. The number of carbonyl (C=O) groups is 1. The molecule has 7 nitrogen and oxygen atoms in total. The van der Waals surface area contributed by atoms with E-state index in [0.29, 0.717) is 17.7 Å². The Morgan fingerprint density at radius 1 is 1.33 bits per heavy atom. The molecule has 2 unspecified atom stereocenters. The van der Waals surface area contributed by atoms with E-state index in [1.165, 1.54) is 11.8 Å². The third-order valence-electron chi connectivity index (χ3n) is 6.02. The highest BCUT2D eigenvalue weighted by atomic mass is 35.5. The van der Waals surface area contributed by atoms with E-state index in [0.717, 1.165) is 31.4 Å². The fraction of sp³-hybridized carbons (Fsp3) is 0.478. The molecule has 0 radical (unpaired) electrons. The molecule has 3 rings (SSSR count). The zero-order valence-electron chi connectivity index (χ0n) is 19.3. The van der Waals surface area contributed by atoms with E-state index in [-0.39, 0.29) is 23.8 Å². The largest absolute Gasteiger partial charge is 0.496 e. The van der Waals surface area contributed by atoms with Gasteiger partial charge < -0.3 is 25.2 Å². The number of aliphatic imine (C=N–C) groups is 1. The Bertz CT molecular complexity index is 1090. The van der Waals surface area contributed by atoms with Crippen LogP contribution in [0.1, 0.15) is 18.9 Å². The van der Waals surface area contributed by atoms with Crippen molar-refractivity contribution in [1.82, 2.24) is 4.90 Å². The van der Waals surface area contributed by atoms with Gasteiger partial charge in [-0.25, -0.2) is 13.6 Å². The van der Waals surface area contributed by atoms with Gasteiger partial charge in [0, 0.05) is 24.8 Å². The Kier molecular flexibility index (Phi) is 8.31. The lowest BCUT2D eigenvalue weighted by molar-refractivity contribution is -0.153. The van der Waals surface area contributed by atoms with Crippen LogP contribution in [0.4, 0.5) is 32.4 Å². The first-order valence-corrected chi connectivity index (χ1v) is 11.3. The number of halogens is 6. The summed E-state index contributed by atoms with van der Waals surface area (Å²) in [4.78, 5) is 18.3. The SMILES string of the molecule is COc1cc(NC(=O)N2CC=C(C3=NC(C)C(C(F)(F)[C@@H](O)CO)C=C3Cl)CC2)ccc1C(F)(F)F. The summed E-state index contributed by atoms with van der Waals surface area (Å²) in [7, 11) is 1.10. The lowest BCUT2D eigenvalue weighted by Crippen LogP contribution is -2.47. The quantitative estimate of drug-likeness (QED) is 0.467. The molecule has 2 amide bonds. The number of amides is 2. The van der Waals surface area contributed by atoms with Crippen LogP contribution < -0.4 is 10.1 Å². The number of alkyl halides is 5. The molecule has 2 aliphatic heterocycles. The summed E-state index contributed by atoms with van der Waals surface area (Å²) in [5.74, 6) is -5.58. The molecule has 2 aliphatic rings. The molecule has 13 heteroatoms. The van der Waals surface area contributed by atoms with Crippen molar-refractivity contribution in [2.75, 3.05) is 32.1 Å². The third kappa shape index (κ3) is 5.81. The van der Waals surface area contributed by atoms with Crippen LogP contribution in [0.15, 0.2) is 45.9 Å². The van der Waals surface area contributed by atoms with Crippen LogP contribution in [0.2, 0.25) is 0 Å². The Hall–Kier alpha value is -2.70. The molecule has 2 heterocycles. The number of aliphatic hydroxyl groups is 2. The molecule has 1 aromatic carbocycles. The summed E-state index contributed by atoms with van der Waals surface area (Å²) < 4.78 is 72.7. The van der Waals surface area contributed by atoms with Gasteiger partial charge in [0.25, 0.3) is 5.92 Å². The van der Waals surface area contributed by atoms with Gasteiger partial charge in [-0.2, -0.15) is 13.2 Å². The number of nitrogens with one attached hydrogen (secondary N) is 1. The topological polar surface area (TPSA) is 94.4 Å². The van der Waals surface area contributed by atoms with Crippen molar-refractivity contribution >= 4 is 29.0 Å². The van der Waals surface area contributed by atoms with Crippen molar-refractivity contribution in [3.05, 3.63) is 46.5 Å². The summed E-state index contributed by atoms with van der Waals surface area (Å²) in [5.41, 5.74) is 0.106. The van der Waals surface area contributed by atoms with Crippen LogP contribution in [-0.2, 0) is 6.18 Å². The average molecular weight is 538 g/mol. The van der Waals surface area contributed by atoms with Crippen LogP contribution in [0.5, 0.6) is 5.75 Å². The molecule has 0 saturated heterocycles. The van der Waals surface area contributed by atoms with E-state index >= 15 is 0 Å². The summed E-state index contributed by atoms with van der Waals surface area (Å²) in [6, 6.07) is 1.53. The van der Waals surface area contributed by atoms with E-state index < -0.39 is 54.1 Å². The number of benzene rings is 1. The summed E-state index contributed by atoms with van der Waals surface area (Å²) in [6.45, 7) is 0.680. The van der Waals surface area contributed by atoms with Gasteiger partial charge in [-0.3, -0.25) is 4.99 Å². The van der Waals surface area contributed by atoms with Gasteiger partial charge in [-0.05, 0) is 31.1 Å². The molecule has 1 aromatic rings. The number of dihydropyridines is 1. The average Bonchev–Trinajstić information content (AvgIpc) is 2.83. The van der Waals surface area contributed by atoms with Crippen molar-refractivity contribution in [2.45, 2.75) is 37.6 Å². The van der Waals surface area contributed by atoms with E-state index in [2.05, 4.69) is 10.3 Å². The Morgan fingerprint density at radius 3 is 2.58 bits per heavy atom. The van der Waals surface area contributed by atoms with Crippen LogP contribution in [0.3, 0.4) is 0 Å². The summed E-state index contributed by atoms with van der Waals surface area (Å²) in [5, 5.41) is 20.9. The van der Waals surface area contributed by atoms with Crippen molar-refractivity contribution in [3.8, 4) is 5.75 Å². The Labute approximate surface area is 208 Å². The highest BCUT2D eigenvalue weighted by Crippen LogP contribution is 2.39. The molecule has 0 aromatic heterocycles. The Morgan fingerprint density at radius 2 is 2.03 bits per heavy atom. The molecule has 0 saturated carbocycles. The maximum absolute atomic E-state index is 14.4. The summed E-state index contributed by atoms with van der Waals surface area (Å²) >= 11 is 6.24. The highest BCUT2D eigenvalue weighted by Gasteiger charge is 2.49. The van der Waals surface area contributed by atoms with E-state index in [4.69, 9.17) is 21.4 Å². The predicted octanol–water partition coefficient (Wildman–Crippen LogP) is 4.45. The van der Waals surface area contributed by atoms with Crippen LogP contribution >= 0.6 is 11.6 Å². The minimum Gasteiger partial charge on any atom is -0.496 e. The van der Waals surface area contributed by atoms with E-state index in [1.807, 2.05) is 0 Å². The zero-order valence-corrected chi connectivity index (χ0v) is 20.1. The van der Waals surface area contributed by atoms with Crippen molar-refractivity contribution in [1.29, 1.82) is 0 Å². The Balaban J connectivity index is 1.68. The lowest BCUT2D eigenvalue weighted by Gasteiger charge is -2.34. The van der Waals surface area contributed by atoms with Crippen LogP contribution in [0.25, 0.3) is 0 Å². The first-order chi connectivity index (χ1) is 16.8. The molecular formula is C23H25ClF5N3O4. The van der Waals surface area contributed by atoms with Gasteiger partial charge in [0.05, 0.1) is 42.0 Å². The minimum atomic E-state index is -4.61. The number of allylic oxidation sites excluding steroid dienone is 1. The third-order valence-corrected chi connectivity index (χ3v) is 6.33. The van der Waals surface area contributed by atoms with Gasteiger partial charge in [0.2, 0.25) is 0 Å². The number of carbonyl (C=O) groups excluding carboxylic acids is 1. The number of urea groups is 1. The predicted molar refractivity (Wildman–Crippen MR) is 124 cm³/mol. The molecular weight excluding hydrogens is 513 g/mol. The molecule has 3 atom stereocenters. The van der Waals surface area contributed by atoms with Gasteiger partial charge >= 0.3 is 12.2 Å². The van der Waals surface area contributed by atoms with Gasteiger partial charge in [0.1, 0.15) is 11.9 Å². The van der Waals surface area contributed by atoms with E-state index in [1.54, 1.807) is 6.08 Å². The molecule has 0 bridgehead atoms. The highest BCUT2D eigenvalue weighted by molar-refractivity contribution is 6.46. The molecule has 198 valence electrons. The second-order valence-electron chi connectivity index (χ2n) is 8.40. The standard InChI is InChI=1S/C23H25ClF5N3O4/c1-12-16(22(25,26)19(34)11-33)10-17(24)20(30-12)13-5-7-32(8-6-13)21(35)31-14-3-4-15(23(27,28)29)18(9-14)36-2/h3-5,9-10,12,16,19,33-34H,6-8,11H2,1-2H3,(H,31,35)/t12?,16?,19-/m0/s1. The normalized spacial score (nSPS) is 21.8. The van der Waals surface area contributed by atoms with E-state index in [9.17, 15) is 31.9 Å². The maximum atomic E-state index is 14.4. The number of rotatable bonds is 6. The van der Waals surface area contributed by atoms with Crippen molar-refractivity contribution < 1.29 is 41.7 Å². The van der Waals surface area contributed by atoms with Crippen molar-refractivity contribution in [3.63, 3.8) is 0 Å². The van der Waals surface area contributed by atoms with Gasteiger partial charge in [-0.1, -0.05) is 23.8 Å². The second kappa shape index (κ2) is 10.7. The number of anilines is 1. The summed E-state index contributed by atoms with van der Waals surface area (Å²) in [6.07, 6.45) is -3.77. The van der Waals surface area contributed by atoms with Gasteiger partial charge in [-0.15, -0.1) is 0 Å². The zero-order chi connectivity index (χ0) is 26.8. The number of hydrogen-bond donors (Lipinski definition) is 3. The molecule has 3 N–H and O–H groups in total. The lowest BCUT2D eigenvalue weighted by atomic mass is 9.86. The fourth-order valence-electron chi connectivity index (χ4n) is 4.01. The monoisotopic (exact) mass is 537 g/mol. The maximum Gasteiger partial charge on any atom is 0.419 e. The minimum absolute atomic E-state index is 0.0242. The first-order valence-electron chi connectivity index (χ1n) is 10.9. The van der Waals surface area contributed by atoms with Crippen molar-refractivity contribution in [2.24, 2.45) is 10.9 Å². The van der Waals surface area contributed by atoms with Crippen LogP contribution in [-0.4, -0.2) is 71.7 Å². The molecule has 0 spiro atoms. The first kappa shape index (κ1) is 27.9. The van der Waals surface area contributed by atoms with Gasteiger partial charge in [0.15, 0.2) is 0 Å². The molecule has 0 aliphatic carbocycles. The van der Waals surface area contributed by atoms with Crippen LogP contribution in [0, 0.1) is 5.92 Å². The number of hydrogen-bond acceptors (Lipinski definition) is 5. The fourth-order valence-corrected chi connectivity index (χ4v) is 4.31. The second-order valence-corrected chi connectivity index (χ2v) is 8.81. The number of aliphatic hydroxyl groups excluding tert-OH is 2. The number of methoxy groups -OCH3 is 1. The number of nitrogens with zero attached hydrogens (tertiary/aromatic N) is 2. The molecule has 0 fully saturated rings. The molecule has 36 heavy (non-hydrogen) atoms. The smallest absolute Gasteiger partial charge is 0.419 e.